The van der Waals surface area contributed by atoms with Crippen LogP contribution >= 0.6 is 0 Å². The van der Waals surface area contributed by atoms with Gasteiger partial charge >= 0.3 is 0 Å². The number of benzene rings is 1. The van der Waals surface area contributed by atoms with Gasteiger partial charge in [-0.1, -0.05) is 39.8 Å². The fourth-order valence-electron chi connectivity index (χ4n) is 2.44. The largest absolute Gasteiger partial charge is 0.371 e. The lowest BCUT2D eigenvalue weighted by Crippen LogP contribution is -2.37. The molecule has 0 bridgehead atoms. The van der Waals surface area contributed by atoms with Crippen LogP contribution in [-0.4, -0.2) is 13.1 Å². The molecule has 0 aliphatic carbocycles. The topological polar surface area (TPSA) is 3.24 Å². The van der Waals surface area contributed by atoms with E-state index >= 15 is 0 Å². The molecule has 0 N–H and O–H groups in total. The van der Waals surface area contributed by atoms with E-state index in [0.717, 1.165) is 0 Å². The Kier molecular flexibility index (Phi) is 3.46. The molecule has 0 atom stereocenters. The zero-order valence-corrected chi connectivity index (χ0v) is 11.7. The molecule has 1 aliphatic heterocycles. The summed E-state index contributed by atoms with van der Waals surface area (Å²) in [4.78, 5) is 2.52. The van der Waals surface area contributed by atoms with Gasteiger partial charge in [-0.2, -0.15) is 0 Å². The van der Waals surface area contributed by atoms with Crippen molar-refractivity contribution in [2.24, 2.45) is 5.41 Å². The van der Waals surface area contributed by atoms with Gasteiger partial charge in [-0.25, -0.2) is 0 Å². The monoisotopic (exact) mass is 231 g/mol. The Morgan fingerprint density at radius 2 is 1.53 bits per heavy atom. The standard InChI is InChI=1S/C16H25N/c1-13(2)14-5-7-15(8-6-14)17-11-9-16(3,4)10-12-17/h5-8,13H,9-12H2,1-4H3. The van der Waals surface area contributed by atoms with Gasteiger partial charge in [0.25, 0.3) is 0 Å². The lowest BCUT2D eigenvalue weighted by Gasteiger charge is -2.38. The van der Waals surface area contributed by atoms with E-state index in [-0.39, 0.29) is 0 Å². The van der Waals surface area contributed by atoms with Crippen LogP contribution in [0.1, 0.15) is 52.0 Å². The van der Waals surface area contributed by atoms with Crippen LogP contribution < -0.4 is 4.90 Å². The number of rotatable bonds is 2. The second-order valence-electron chi connectivity index (χ2n) is 6.40. The molecule has 1 nitrogen and oxygen atoms in total. The van der Waals surface area contributed by atoms with Gasteiger partial charge in [0.15, 0.2) is 0 Å². The molecule has 2 rings (SSSR count). The van der Waals surface area contributed by atoms with E-state index in [4.69, 9.17) is 0 Å². The Bertz CT molecular complexity index is 352. The Balaban J connectivity index is 2.04. The minimum atomic E-state index is 0.536. The normalized spacial score (nSPS) is 19.7. The summed E-state index contributed by atoms with van der Waals surface area (Å²) in [5.74, 6) is 0.629. The van der Waals surface area contributed by atoms with Crippen LogP contribution in [0.25, 0.3) is 0 Å². The number of anilines is 1. The smallest absolute Gasteiger partial charge is 0.0366 e. The van der Waals surface area contributed by atoms with Crippen LogP contribution in [0.15, 0.2) is 24.3 Å². The highest BCUT2D eigenvalue weighted by Gasteiger charge is 2.25. The van der Waals surface area contributed by atoms with Crippen LogP contribution in [0.5, 0.6) is 0 Å². The molecule has 1 heterocycles. The van der Waals surface area contributed by atoms with E-state index in [1.807, 2.05) is 0 Å². The summed E-state index contributed by atoms with van der Waals surface area (Å²) in [6.45, 7) is 11.7. The zero-order chi connectivity index (χ0) is 12.5. The zero-order valence-electron chi connectivity index (χ0n) is 11.7. The Hall–Kier alpha value is -0.980. The van der Waals surface area contributed by atoms with Crippen LogP contribution in [0.3, 0.4) is 0 Å². The highest BCUT2D eigenvalue weighted by molar-refractivity contribution is 5.48. The summed E-state index contributed by atoms with van der Waals surface area (Å²) in [7, 11) is 0. The predicted molar refractivity (Wildman–Crippen MR) is 75.8 cm³/mol. The Morgan fingerprint density at radius 1 is 1.00 bits per heavy atom. The van der Waals surface area contributed by atoms with Gasteiger partial charge in [0.05, 0.1) is 0 Å². The molecule has 1 heteroatoms. The molecule has 0 radical (unpaired) electrons. The van der Waals surface area contributed by atoms with Gasteiger partial charge in [0, 0.05) is 18.8 Å². The summed E-state index contributed by atoms with van der Waals surface area (Å²) in [6.07, 6.45) is 2.61. The van der Waals surface area contributed by atoms with Crippen molar-refractivity contribution < 1.29 is 0 Å². The minimum Gasteiger partial charge on any atom is -0.371 e. The van der Waals surface area contributed by atoms with Gasteiger partial charge in [-0.3, -0.25) is 0 Å². The molecule has 1 aromatic carbocycles. The molecule has 1 saturated heterocycles. The summed E-state index contributed by atoms with van der Waals surface area (Å²) >= 11 is 0. The van der Waals surface area contributed by atoms with Crippen LogP contribution in [-0.2, 0) is 0 Å². The number of nitrogens with zero attached hydrogens (tertiary/aromatic N) is 1. The first-order chi connectivity index (χ1) is 7.98. The first kappa shape index (κ1) is 12.5. The minimum absolute atomic E-state index is 0.536. The van der Waals surface area contributed by atoms with Gasteiger partial charge < -0.3 is 4.90 Å². The molecule has 1 aromatic rings. The molecule has 17 heavy (non-hydrogen) atoms. The van der Waals surface area contributed by atoms with Crippen molar-refractivity contribution in [3.05, 3.63) is 29.8 Å². The summed E-state index contributed by atoms with van der Waals surface area (Å²) in [5, 5.41) is 0. The highest BCUT2D eigenvalue weighted by Crippen LogP contribution is 2.32. The van der Waals surface area contributed by atoms with Crippen molar-refractivity contribution in [3.8, 4) is 0 Å². The third kappa shape index (κ3) is 3.02. The summed E-state index contributed by atoms with van der Waals surface area (Å²) in [5.41, 5.74) is 3.37. The molecule has 0 spiro atoms. The lowest BCUT2D eigenvalue weighted by atomic mass is 9.82. The fourth-order valence-corrected chi connectivity index (χ4v) is 2.44. The van der Waals surface area contributed by atoms with E-state index in [1.54, 1.807) is 0 Å². The van der Waals surface area contributed by atoms with Crippen molar-refractivity contribution >= 4 is 5.69 Å². The van der Waals surface area contributed by atoms with Crippen molar-refractivity contribution in [1.29, 1.82) is 0 Å². The van der Waals surface area contributed by atoms with E-state index < -0.39 is 0 Å². The quantitative estimate of drug-likeness (QED) is 0.727. The van der Waals surface area contributed by atoms with Gasteiger partial charge in [0.1, 0.15) is 0 Å². The number of piperidine rings is 1. The number of hydrogen-bond acceptors (Lipinski definition) is 1. The third-order valence-corrected chi connectivity index (χ3v) is 4.04. The number of hydrogen-bond donors (Lipinski definition) is 0. The van der Waals surface area contributed by atoms with Crippen molar-refractivity contribution in [3.63, 3.8) is 0 Å². The molecule has 1 fully saturated rings. The first-order valence-electron chi connectivity index (χ1n) is 6.83. The van der Waals surface area contributed by atoms with Crippen LogP contribution in [0, 0.1) is 5.41 Å². The molecule has 0 saturated carbocycles. The summed E-state index contributed by atoms with van der Waals surface area (Å²) in [6, 6.07) is 9.13. The van der Waals surface area contributed by atoms with E-state index in [0.29, 0.717) is 11.3 Å². The molecule has 0 unspecified atom stereocenters. The maximum atomic E-state index is 2.52. The SMILES string of the molecule is CC(C)c1ccc(N2CCC(C)(C)CC2)cc1. The Labute approximate surface area is 106 Å². The third-order valence-electron chi connectivity index (χ3n) is 4.04. The lowest BCUT2D eigenvalue weighted by molar-refractivity contribution is 0.280. The Morgan fingerprint density at radius 3 is 2.00 bits per heavy atom. The van der Waals surface area contributed by atoms with Crippen LogP contribution in [0.2, 0.25) is 0 Å². The molecule has 0 aromatic heterocycles. The molecule has 0 amide bonds. The summed E-state index contributed by atoms with van der Waals surface area (Å²) < 4.78 is 0. The maximum absolute atomic E-state index is 2.52. The van der Waals surface area contributed by atoms with Crippen molar-refractivity contribution in [2.75, 3.05) is 18.0 Å². The van der Waals surface area contributed by atoms with E-state index in [2.05, 4.69) is 56.9 Å². The maximum Gasteiger partial charge on any atom is 0.0366 e. The first-order valence-corrected chi connectivity index (χ1v) is 6.83. The second-order valence-corrected chi connectivity index (χ2v) is 6.40. The van der Waals surface area contributed by atoms with Gasteiger partial charge in [-0.15, -0.1) is 0 Å². The predicted octanol–water partition coefficient (Wildman–Crippen LogP) is 4.44. The fraction of sp³-hybridized carbons (Fsp3) is 0.625. The molecular formula is C16H25N. The molecule has 94 valence electrons. The van der Waals surface area contributed by atoms with Gasteiger partial charge in [-0.05, 0) is 41.9 Å². The average molecular weight is 231 g/mol. The average Bonchev–Trinajstić information content (AvgIpc) is 2.29. The van der Waals surface area contributed by atoms with E-state index in [9.17, 15) is 0 Å². The van der Waals surface area contributed by atoms with Crippen LogP contribution in [0.4, 0.5) is 5.69 Å². The molecular weight excluding hydrogens is 206 g/mol. The molecule has 1 aliphatic rings. The van der Waals surface area contributed by atoms with Crippen molar-refractivity contribution in [1.82, 2.24) is 0 Å². The van der Waals surface area contributed by atoms with Crippen molar-refractivity contribution in [2.45, 2.75) is 46.5 Å². The second kappa shape index (κ2) is 4.72. The highest BCUT2D eigenvalue weighted by atomic mass is 15.1. The van der Waals surface area contributed by atoms with E-state index in [1.165, 1.54) is 37.2 Å². The van der Waals surface area contributed by atoms with Gasteiger partial charge in [0.2, 0.25) is 0 Å².